The van der Waals surface area contributed by atoms with E-state index in [0.29, 0.717) is 0 Å². The number of halogens is 2. The molecule has 1 saturated heterocycles. The number of aryl methyl sites for hydroxylation is 1. The van der Waals surface area contributed by atoms with Crippen molar-refractivity contribution in [1.29, 1.82) is 0 Å². The van der Waals surface area contributed by atoms with Gasteiger partial charge in [-0.1, -0.05) is 59.1 Å². The lowest BCUT2D eigenvalue weighted by Crippen LogP contribution is -2.57. The second-order valence-corrected chi connectivity index (χ2v) is 9.35. The summed E-state index contributed by atoms with van der Waals surface area (Å²) < 4.78 is 5.80. The molecule has 3 aromatic carbocycles. The van der Waals surface area contributed by atoms with Crippen LogP contribution in [0.15, 0.2) is 88.9 Å². The predicted octanol–water partition coefficient (Wildman–Crippen LogP) is 7.05. The number of para-hydroxylation sites is 1. The number of nitrogens with zero attached hydrogens (tertiary/aromatic N) is 3. The third-order valence-corrected chi connectivity index (χ3v) is 6.58. The molecular weight excluding hydrogens is 545 g/mol. The highest BCUT2D eigenvalue weighted by molar-refractivity contribution is 6.46. The maximum atomic E-state index is 13.5. The van der Waals surface area contributed by atoms with Gasteiger partial charge in [-0.3, -0.25) is 19.7 Å². The molecule has 0 N–H and O–H groups in total. The van der Waals surface area contributed by atoms with E-state index in [2.05, 4.69) is 0 Å². The molecule has 1 aliphatic rings. The Morgan fingerprint density at radius 1 is 0.821 bits per heavy atom. The number of imide groups is 2. The molecule has 194 valence electrons. The monoisotopic (exact) mass is 561 g/mol. The molecule has 2 heterocycles. The van der Waals surface area contributed by atoms with Crippen LogP contribution in [-0.4, -0.2) is 22.8 Å². The second-order valence-electron chi connectivity index (χ2n) is 8.54. The number of barbiturate groups is 1. The number of nitro groups is 1. The van der Waals surface area contributed by atoms with Crippen LogP contribution in [0.3, 0.4) is 0 Å². The molecule has 1 aliphatic heterocycles. The maximum Gasteiger partial charge on any atom is 0.343 e. The molecule has 39 heavy (non-hydrogen) atoms. The van der Waals surface area contributed by atoms with E-state index in [9.17, 15) is 24.5 Å². The van der Waals surface area contributed by atoms with Gasteiger partial charge in [0, 0.05) is 11.6 Å². The number of amides is 4. The Hall–Kier alpha value is -4.73. The lowest BCUT2D eigenvalue weighted by Gasteiger charge is -2.33. The third kappa shape index (κ3) is 4.81. The summed E-state index contributed by atoms with van der Waals surface area (Å²) in [6, 6.07) is 19.5. The molecule has 0 spiro atoms. The fourth-order valence-corrected chi connectivity index (χ4v) is 4.58. The van der Waals surface area contributed by atoms with E-state index in [1.807, 2.05) is 6.92 Å². The SMILES string of the molecule is Cc1ccc(N2C(=O)/C(=C/c3ccc(-c4cc([N+](=O)[O-])c(Cl)cc4Cl)o3)C(=O)N(c3ccccc3)C2=O)cc1. The highest BCUT2D eigenvalue weighted by Crippen LogP contribution is 2.38. The van der Waals surface area contributed by atoms with E-state index in [1.165, 1.54) is 30.3 Å². The van der Waals surface area contributed by atoms with Gasteiger partial charge >= 0.3 is 6.03 Å². The van der Waals surface area contributed by atoms with Gasteiger partial charge in [-0.2, -0.15) is 0 Å². The number of hydrogen-bond acceptors (Lipinski definition) is 6. The van der Waals surface area contributed by atoms with Crippen molar-refractivity contribution in [3.05, 3.63) is 116 Å². The summed E-state index contributed by atoms with van der Waals surface area (Å²) >= 11 is 12.2. The molecule has 0 aliphatic carbocycles. The van der Waals surface area contributed by atoms with Crippen LogP contribution < -0.4 is 9.80 Å². The Kier molecular flexibility index (Phi) is 6.78. The number of nitro benzene ring substituents is 1. The average molecular weight is 562 g/mol. The van der Waals surface area contributed by atoms with Gasteiger partial charge in [-0.15, -0.1) is 0 Å². The number of carbonyl (C=O) groups excluding carboxylic acids is 3. The molecule has 4 aromatic rings. The number of rotatable bonds is 5. The Morgan fingerprint density at radius 3 is 2.05 bits per heavy atom. The summed E-state index contributed by atoms with van der Waals surface area (Å²) in [5.41, 5.74) is 0.996. The van der Waals surface area contributed by atoms with E-state index >= 15 is 0 Å². The molecular formula is C28H17Cl2N3O6. The average Bonchev–Trinajstić information content (AvgIpc) is 3.36. The highest BCUT2D eigenvalue weighted by atomic mass is 35.5. The van der Waals surface area contributed by atoms with Crippen LogP contribution in [0.4, 0.5) is 21.9 Å². The minimum atomic E-state index is -0.835. The van der Waals surface area contributed by atoms with Crippen LogP contribution in [0.5, 0.6) is 0 Å². The van der Waals surface area contributed by atoms with Crippen molar-refractivity contribution in [3.63, 3.8) is 0 Å². The number of furan rings is 1. The molecule has 4 amide bonds. The number of hydrogen-bond donors (Lipinski definition) is 0. The first-order chi connectivity index (χ1) is 18.7. The minimum absolute atomic E-state index is 0.0848. The molecule has 5 rings (SSSR count). The van der Waals surface area contributed by atoms with Gasteiger partial charge in [0.05, 0.1) is 21.3 Å². The van der Waals surface area contributed by atoms with Gasteiger partial charge in [0.2, 0.25) is 0 Å². The number of carbonyl (C=O) groups is 3. The summed E-state index contributed by atoms with van der Waals surface area (Å²) in [5.74, 6) is -1.44. The van der Waals surface area contributed by atoms with Gasteiger partial charge < -0.3 is 4.42 Å². The normalized spacial score (nSPS) is 14.8. The predicted molar refractivity (Wildman–Crippen MR) is 147 cm³/mol. The van der Waals surface area contributed by atoms with Crippen LogP contribution in [0.25, 0.3) is 17.4 Å². The Balaban J connectivity index is 1.59. The van der Waals surface area contributed by atoms with Crippen molar-refractivity contribution in [1.82, 2.24) is 0 Å². The van der Waals surface area contributed by atoms with Gasteiger partial charge in [-0.05, 0) is 55.5 Å². The standard InChI is InChI=1S/C28H17Cl2N3O6/c1-16-7-9-18(10-8-16)32-27(35)21(26(34)31(28(32)36)17-5-3-2-4-6-17)13-19-11-12-25(39-19)20-14-24(33(37)38)23(30)15-22(20)29/h2-15H,1H3/b21-13+. The zero-order chi connectivity index (χ0) is 27.8. The third-order valence-electron chi connectivity index (χ3n) is 5.97. The first kappa shape index (κ1) is 25.9. The molecule has 0 atom stereocenters. The first-order valence-corrected chi connectivity index (χ1v) is 12.2. The minimum Gasteiger partial charge on any atom is -0.457 e. The van der Waals surface area contributed by atoms with Gasteiger partial charge in [0.15, 0.2) is 0 Å². The molecule has 1 fully saturated rings. The van der Waals surface area contributed by atoms with Crippen LogP contribution >= 0.6 is 23.2 Å². The zero-order valence-corrected chi connectivity index (χ0v) is 21.6. The molecule has 0 bridgehead atoms. The van der Waals surface area contributed by atoms with Crippen LogP contribution in [0.2, 0.25) is 10.0 Å². The van der Waals surface area contributed by atoms with Crippen molar-refractivity contribution >= 4 is 64.2 Å². The van der Waals surface area contributed by atoms with E-state index in [1.54, 1.807) is 54.6 Å². The summed E-state index contributed by atoms with van der Waals surface area (Å²) in [7, 11) is 0. The Labute approximate surface area is 231 Å². The van der Waals surface area contributed by atoms with Crippen molar-refractivity contribution in [3.8, 4) is 11.3 Å². The molecule has 9 nitrogen and oxygen atoms in total. The van der Waals surface area contributed by atoms with Crippen molar-refractivity contribution in [2.45, 2.75) is 6.92 Å². The van der Waals surface area contributed by atoms with Crippen LogP contribution in [-0.2, 0) is 9.59 Å². The van der Waals surface area contributed by atoms with Crippen LogP contribution in [0, 0.1) is 17.0 Å². The zero-order valence-electron chi connectivity index (χ0n) is 20.1. The van der Waals surface area contributed by atoms with E-state index in [4.69, 9.17) is 27.6 Å². The Bertz CT molecular complexity index is 1680. The van der Waals surface area contributed by atoms with E-state index < -0.39 is 22.8 Å². The maximum absolute atomic E-state index is 13.5. The van der Waals surface area contributed by atoms with Crippen molar-refractivity contribution in [2.75, 3.05) is 9.80 Å². The summed E-state index contributed by atoms with van der Waals surface area (Å²) in [5, 5.41) is 11.3. The number of urea groups is 1. The fourth-order valence-electron chi connectivity index (χ4n) is 4.04. The summed E-state index contributed by atoms with van der Waals surface area (Å²) in [6.07, 6.45) is 1.22. The molecule has 0 saturated carbocycles. The van der Waals surface area contributed by atoms with Crippen LogP contribution in [0.1, 0.15) is 11.3 Å². The lowest BCUT2D eigenvalue weighted by atomic mass is 10.1. The largest absolute Gasteiger partial charge is 0.457 e. The van der Waals surface area contributed by atoms with E-state index in [-0.39, 0.29) is 49.8 Å². The summed E-state index contributed by atoms with van der Waals surface area (Å²) in [4.78, 5) is 53.0. The highest BCUT2D eigenvalue weighted by Gasteiger charge is 2.43. The topological polar surface area (TPSA) is 114 Å². The van der Waals surface area contributed by atoms with Gasteiger partial charge in [0.1, 0.15) is 22.1 Å². The lowest BCUT2D eigenvalue weighted by molar-refractivity contribution is -0.384. The molecule has 0 radical (unpaired) electrons. The first-order valence-electron chi connectivity index (χ1n) is 11.5. The number of anilines is 2. The Morgan fingerprint density at radius 2 is 1.44 bits per heavy atom. The smallest absolute Gasteiger partial charge is 0.343 e. The summed E-state index contributed by atoms with van der Waals surface area (Å²) in [6.45, 7) is 1.87. The van der Waals surface area contributed by atoms with E-state index in [0.717, 1.165) is 15.4 Å². The van der Waals surface area contributed by atoms with Gasteiger partial charge in [-0.25, -0.2) is 14.6 Å². The van der Waals surface area contributed by atoms with Crippen molar-refractivity contribution < 1.29 is 23.7 Å². The second kappa shape index (κ2) is 10.2. The van der Waals surface area contributed by atoms with Crippen molar-refractivity contribution in [2.24, 2.45) is 0 Å². The fraction of sp³-hybridized carbons (Fsp3) is 0.0357. The quantitative estimate of drug-likeness (QED) is 0.111. The molecule has 0 unspecified atom stereocenters. The molecule has 11 heteroatoms. The number of benzene rings is 3. The van der Waals surface area contributed by atoms with Gasteiger partial charge in [0.25, 0.3) is 17.5 Å². The molecule has 1 aromatic heterocycles.